The van der Waals surface area contributed by atoms with E-state index in [0.717, 1.165) is 42.5 Å². The van der Waals surface area contributed by atoms with Crippen molar-refractivity contribution in [1.82, 2.24) is 5.43 Å². The highest BCUT2D eigenvalue weighted by Crippen LogP contribution is 2.38. The van der Waals surface area contributed by atoms with Crippen LogP contribution in [0.5, 0.6) is 11.5 Å². The van der Waals surface area contributed by atoms with Crippen molar-refractivity contribution in [3.8, 4) is 11.5 Å². The number of fused-ring (bicyclic) bond motifs is 1. The number of carbonyl (C=O) groups is 4. The molecule has 1 aliphatic carbocycles. The van der Waals surface area contributed by atoms with Crippen molar-refractivity contribution in [3.05, 3.63) is 62.2 Å². The fourth-order valence-corrected chi connectivity index (χ4v) is 5.89. The average molecular weight is 570 g/mol. The average Bonchev–Trinajstić information content (AvgIpc) is 3.52. The third-order valence-electron chi connectivity index (χ3n) is 5.83. The van der Waals surface area contributed by atoms with Crippen molar-refractivity contribution in [1.29, 1.82) is 0 Å². The second-order valence-electron chi connectivity index (χ2n) is 8.42. The predicted molar refractivity (Wildman–Crippen MR) is 148 cm³/mol. The molecule has 12 heteroatoms. The van der Waals surface area contributed by atoms with Crippen LogP contribution in [0, 0.1) is 0 Å². The van der Waals surface area contributed by atoms with Crippen molar-refractivity contribution in [2.45, 2.75) is 39.0 Å². The van der Waals surface area contributed by atoms with Gasteiger partial charge in [-0.05, 0) is 73.4 Å². The molecule has 2 amide bonds. The Bertz CT molecular complexity index is 1400. The van der Waals surface area contributed by atoms with Crippen LogP contribution in [0.3, 0.4) is 0 Å². The molecule has 0 unspecified atom stereocenters. The van der Waals surface area contributed by atoms with E-state index in [9.17, 15) is 19.2 Å². The lowest BCUT2D eigenvalue weighted by Crippen LogP contribution is -2.32. The van der Waals surface area contributed by atoms with E-state index in [-0.39, 0.29) is 18.1 Å². The van der Waals surface area contributed by atoms with Gasteiger partial charge in [-0.3, -0.25) is 9.59 Å². The van der Waals surface area contributed by atoms with Crippen LogP contribution in [0.2, 0.25) is 0 Å². The first-order valence-corrected chi connectivity index (χ1v) is 14.0. The Morgan fingerprint density at radius 2 is 1.85 bits per heavy atom. The number of hydrogen-bond donors (Lipinski definition) is 2. The number of thiophene rings is 2. The van der Waals surface area contributed by atoms with E-state index in [1.165, 1.54) is 42.1 Å². The van der Waals surface area contributed by atoms with Gasteiger partial charge in [-0.2, -0.15) is 5.10 Å². The Balaban J connectivity index is 1.40. The van der Waals surface area contributed by atoms with Crippen molar-refractivity contribution < 1.29 is 33.4 Å². The summed E-state index contributed by atoms with van der Waals surface area (Å²) in [6, 6.07) is 8.13. The van der Waals surface area contributed by atoms with Crippen LogP contribution >= 0.6 is 22.7 Å². The smallest absolute Gasteiger partial charge is 0.353 e. The maximum Gasteiger partial charge on any atom is 0.353 e. The molecule has 4 rings (SSSR count). The summed E-state index contributed by atoms with van der Waals surface area (Å²) in [5.74, 6) is -2.46. The third kappa shape index (κ3) is 6.89. The molecule has 1 aliphatic rings. The Morgan fingerprint density at radius 3 is 2.59 bits per heavy atom. The molecular weight excluding hydrogens is 542 g/mol. The molecule has 0 aliphatic heterocycles. The molecule has 2 heterocycles. The van der Waals surface area contributed by atoms with E-state index in [1.807, 2.05) is 0 Å². The number of carbonyl (C=O) groups excluding carboxylic acids is 4. The Kier molecular flexibility index (Phi) is 9.45. The topological polar surface area (TPSA) is 132 Å². The van der Waals surface area contributed by atoms with Crippen molar-refractivity contribution in [2.75, 3.05) is 19.0 Å². The Hall–Kier alpha value is -4.03. The van der Waals surface area contributed by atoms with Crippen molar-refractivity contribution >= 4 is 57.6 Å². The zero-order chi connectivity index (χ0) is 27.8. The Morgan fingerprint density at radius 1 is 1.03 bits per heavy atom. The summed E-state index contributed by atoms with van der Waals surface area (Å²) in [4.78, 5) is 51.4. The molecule has 0 saturated carbocycles. The first-order valence-electron chi connectivity index (χ1n) is 12.3. The quantitative estimate of drug-likeness (QED) is 0.101. The predicted octanol–water partition coefficient (Wildman–Crippen LogP) is 4.57. The second kappa shape index (κ2) is 13.2. The maximum absolute atomic E-state index is 12.7. The molecular formula is C27H27N3O7S2. The van der Waals surface area contributed by atoms with Crippen LogP contribution in [-0.4, -0.2) is 43.7 Å². The highest BCUT2D eigenvalue weighted by molar-refractivity contribution is 7.17. The summed E-state index contributed by atoms with van der Waals surface area (Å²) < 4.78 is 15.9. The van der Waals surface area contributed by atoms with Crippen LogP contribution in [0.4, 0.5) is 5.00 Å². The molecule has 0 spiro atoms. The zero-order valence-electron chi connectivity index (χ0n) is 21.4. The van der Waals surface area contributed by atoms with Crippen LogP contribution in [0.1, 0.15) is 62.2 Å². The van der Waals surface area contributed by atoms with Crippen molar-refractivity contribution in [3.63, 3.8) is 0 Å². The van der Waals surface area contributed by atoms with Gasteiger partial charge in [0.15, 0.2) is 11.5 Å². The summed E-state index contributed by atoms with van der Waals surface area (Å²) in [6.45, 7) is 1.92. The molecule has 2 aromatic heterocycles. The first-order chi connectivity index (χ1) is 18.9. The molecule has 0 atom stereocenters. The summed E-state index contributed by atoms with van der Waals surface area (Å²) in [5, 5.41) is 8.48. The molecule has 39 heavy (non-hydrogen) atoms. The summed E-state index contributed by atoms with van der Waals surface area (Å²) in [6.07, 6.45) is 5.87. The highest BCUT2D eigenvalue weighted by Gasteiger charge is 2.28. The van der Waals surface area contributed by atoms with E-state index in [2.05, 4.69) is 15.8 Å². The SMILES string of the molecule is CCOC(=O)c1c(NC(=O)C(=O)NN=Cc2ccc(OC(=O)c3cccs3)c(OC)c2)sc2c1CCCCC2. The van der Waals surface area contributed by atoms with Gasteiger partial charge in [0.1, 0.15) is 9.88 Å². The van der Waals surface area contributed by atoms with Crippen molar-refractivity contribution in [2.24, 2.45) is 5.10 Å². The standard InChI is InChI=1S/C27H27N3O7S2/c1-3-36-27(34)22-17-8-5-4-6-9-20(17)39-25(22)29-23(31)24(32)30-28-15-16-11-12-18(19(14-16)35-2)37-26(33)21-10-7-13-38-21/h7,10-15H,3-6,8-9H2,1-2H3,(H,29,31)(H,30,32). The van der Waals surface area contributed by atoms with Gasteiger partial charge in [0.25, 0.3) is 0 Å². The van der Waals surface area contributed by atoms with E-state index < -0.39 is 23.8 Å². The maximum atomic E-state index is 12.7. The minimum atomic E-state index is -1.00. The van der Waals surface area contributed by atoms with E-state index in [0.29, 0.717) is 21.0 Å². The number of rotatable bonds is 8. The van der Waals surface area contributed by atoms with Gasteiger partial charge in [-0.15, -0.1) is 22.7 Å². The summed E-state index contributed by atoms with van der Waals surface area (Å²) >= 11 is 2.57. The molecule has 0 bridgehead atoms. The van der Waals surface area contributed by atoms with E-state index >= 15 is 0 Å². The number of benzene rings is 1. The number of methoxy groups -OCH3 is 1. The van der Waals surface area contributed by atoms with E-state index in [1.54, 1.807) is 36.6 Å². The van der Waals surface area contributed by atoms with Crippen LogP contribution in [0.25, 0.3) is 0 Å². The number of esters is 2. The van der Waals surface area contributed by atoms with Gasteiger partial charge in [-0.1, -0.05) is 12.5 Å². The number of hydrogen-bond acceptors (Lipinski definition) is 10. The second-order valence-corrected chi connectivity index (χ2v) is 10.5. The van der Waals surface area contributed by atoms with E-state index in [4.69, 9.17) is 14.2 Å². The monoisotopic (exact) mass is 569 g/mol. The number of ether oxygens (including phenoxy) is 3. The number of nitrogens with one attached hydrogen (secondary N) is 2. The minimum Gasteiger partial charge on any atom is -0.493 e. The molecule has 0 saturated heterocycles. The molecule has 3 aromatic rings. The minimum absolute atomic E-state index is 0.203. The van der Waals surface area contributed by atoms with Gasteiger partial charge in [0, 0.05) is 4.88 Å². The largest absolute Gasteiger partial charge is 0.493 e. The molecule has 204 valence electrons. The normalized spacial score (nSPS) is 12.8. The van der Waals surface area contributed by atoms with Gasteiger partial charge in [0.2, 0.25) is 0 Å². The number of nitrogens with zero attached hydrogens (tertiary/aromatic N) is 1. The lowest BCUT2D eigenvalue weighted by Gasteiger charge is -2.09. The molecule has 1 aromatic carbocycles. The van der Waals surface area contributed by atoms with Crippen LogP contribution in [-0.2, 0) is 27.2 Å². The van der Waals surface area contributed by atoms with Gasteiger partial charge in [-0.25, -0.2) is 15.0 Å². The van der Waals surface area contributed by atoms with Crippen LogP contribution < -0.4 is 20.2 Å². The number of anilines is 1. The lowest BCUT2D eigenvalue weighted by atomic mass is 10.1. The van der Waals surface area contributed by atoms with Gasteiger partial charge >= 0.3 is 23.8 Å². The Labute approximate surface area is 233 Å². The molecule has 2 N–H and O–H groups in total. The molecule has 0 fully saturated rings. The van der Waals surface area contributed by atoms with Crippen LogP contribution in [0.15, 0.2) is 40.8 Å². The highest BCUT2D eigenvalue weighted by atomic mass is 32.1. The fraction of sp³-hybridized carbons (Fsp3) is 0.296. The molecule has 0 radical (unpaired) electrons. The van der Waals surface area contributed by atoms with Gasteiger partial charge < -0.3 is 19.5 Å². The number of amides is 2. The number of aryl methyl sites for hydroxylation is 1. The fourth-order valence-electron chi connectivity index (χ4n) is 4.02. The first kappa shape index (κ1) is 28.0. The lowest BCUT2D eigenvalue weighted by molar-refractivity contribution is -0.136. The zero-order valence-corrected chi connectivity index (χ0v) is 23.0. The molecule has 10 nitrogen and oxygen atoms in total. The summed E-state index contributed by atoms with van der Waals surface area (Å²) in [7, 11) is 1.43. The summed E-state index contributed by atoms with van der Waals surface area (Å²) in [5.41, 5.74) is 3.93. The number of hydrazone groups is 1. The van der Waals surface area contributed by atoms with Gasteiger partial charge in [0.05, 0.1) is 25.5 Å². The third-order valence-corrected chi connectivity index (χ3v) is 7.88.